The third-order valence-corrected chi connectivity index (χ3v) is 16.1. The number of ether oxygens (including phenoxy) is 2. The Morgan fingerprint density at radius 1 is 1.00 bits per heavy atom. The van der Waals surface area contributed by atoms with Crippen LogP contribution in [-0.2, 0) is 40.4 Å². The molecule has 0 unspecified atom stereocenters. The topological polar surface area (TPSA) is 149 Å². The number of carbonyl (C=O) groups excluding carboxylic acids is 4. The molecular formula is C44H57N3O8S. The highest BCUT2D eigenvalue weighted by Crippen LogP contribution is 2.58. The third kappa shape index (κ3) is 7.17. The van der Waals surface area contributed by atoms with Gasteiger partial charge in [0.1, 0.15) is 17.0 Å². The quantitative estimate of drug-likeness (QED) is 0.231. The van der Waals surface area contributed by atoms with E-state index in [0.717, 1.165) is 79.3 Å². The molecule has 3 aliphatic heterocycles. The van der Waals surface area contributed by atoms with Crippen molar-refractivity contribution in [2.45, 2.75) is 158 Å². The molecule has 7 aliphatic rings. The summed E-state index contributed by atoms with van der Waals surface area (Å²) in [7, 11) is -3.93. The fourth-order valence-electron chi connectivity index (χ4n) is 9.41. The van der Waals surface area contributed by atoms with Crippen LogP contribution in [0.25, 0.3) is 10.9 Å². The lowest BCUT2D eigenvalue weighted by Crippen LogP contribution is -2.48. The summed E-state index contributed by atoms with van der Waals surface area (Å²) in [5.41, 5.74) is 0.444. The fraction of sp³-hybridized carbons (Fsp3) is 0.659. The number of allylic oxidation sites excluding steroid dienone is 2. The molecule has 4 heterocycles. The number of para-hydroxylation sites is 1. The van der Waals surface area contributed by atoms with Gasteiger partial charge in [0.05, 0.1) is 40.4 Å². The lowest BCUT2D eigenvalue weighted by molar-refractivity contribution is -0.155. The van der Waals surface area contributed by atoms with E-state index >= 15 is 0 Å². The molecule has 0 radical (unpaired) electrons. The summed E-state index contributed by atoms with van der Waals surface area (Å²) in [5.74, 6) is -1.44. The zero-order valence-corrected chi connectivity index (χ0v) is 32.9. The molecular weight excluding hydrogens is 731 g/mol. The smallest absolute Gasteiger partial charge is 0.307 e. The second-order valence-electron chi connectivity index (χ2n) is 18.5. The maximum absolute atomic E-state index is 14.9. The summed E-state index contributed by atoms with van der Waals surface area (Å²) in [6.07, 6.45) is 14.0. The molecule has 12 heteroatoms. The van der Waals surface area contributed by atoms with Crippen LogP contribution in [0, 0.1) is 17.3 Å². The summed E-state index contributed by atoms with van der Waals surface area (Å²) in [6.45, 7) is 3.73. The normalized spacial score (nSPS) is 32.3. The predicted octanol–water partition coefficient (Wildman–Crippen LogP) is 7.00. The van der Waals surface area contributed by atoms with E-state index < -0.39 is 55.2 Å². The van der Waals surface area contributed by atoms with Crippen LogP contribution < -0.4 is 9.46 Å². The molecule has 9 rings (SSSR count). The average Bonchev–Trinajstić information content (AvgIpc) is 3.97. The minimum Gasteiger partial charge on any atom is -0.483 e. The van der Waals surface area contributed by atoms with Crippen LogP contribution in [0.3, 0.4) is 0 Å². The van der Waals surface area contributed by atoms with Gasteiger partial charge in [-0.1, -0.05) is 50.6 Å². The van der Waals surface area contributed by atoms with Crippen LogP contribution in [0.1, 0.15) is 141 Å². The zero-order valence-electron chi connectivity index (χ0n) is 32.1. The number of hydrogen-bond acceptors (Lipinski definition) is 9. The first-order valence-electron chi connectivity index (χ1n) is 20.6. The van der Waals surface area contributed by atoms with Gasteiger partial charge in [-0.15, -0.1) is 0 Å². The Kier molecular flexibility index (Phi) is 9.72. The Morgan fingerprint density at radius 3 is 2.50 bits per heavy atom. The number of pyridine rings is 1. The molecule has 2 amide bonds. The third-order valence-electron chi connectivity index (χ3n) is 13.9. The number of esters is 1. The van der Waals surface area contributed by atoms with Crippen molar-refractivity contribution in [2.24, 2.45) is 17.3 Å². The first kappa shape index (κ1) is 39.0. The summed E-state index contributed by atoms with van der Waals surface area (Å²) in [6, 6.07) is 7.21. The number of ketones is 1. The first-order chi connectivity index (χ1) is 26.2. The highest BCUT2D eigenvalue weighted by atomic mass is 32.2. The van der Waals surface area contributed by atoms with Crippen molar-refractivity contribution in [2.75, 3.05) is 6.54 Å². The van der Waals surface area contributed by atoms with Crippen molar-refractivity contribution in [3.05, 3.63) is 47.7 Å². The Hall–Kier alpha value is -3.80. The maximum atomic E-state index is 14.9. The van der Waals surface area contributed by atoms with Gasteiger partial charge in [-0.2, -0.15) is 0 Å². The lowest BCUT2D eigenvalue weighted by Gasteiger charge is -2.37. The van der Waals surface area contributed by atoms with Gasteiger partial charge in [-0.3, -0.25) is 23.9 Å². The van der Waals surface area contributed by atoms with Gasteiger partial charge in [0.15, 0.2) is 5.78 Å². The second kappa shape index (κ2) is 13.9. The minimum atomic E-state index is -3.93. The Bertz CT molecular complexity index is 2100. The van der Waals surface area contributed by atoms with Crippen molar-refractivity contribution in [1.82, 2.24) is 14.6 Å². The average molecular weight is 788 g/mol. The number of benzene rings is 1. The van der Waals surface area contributed by atoms with Crippen molar-refractivity contribution < 1.29 is 37.1 Å². The number of aromatic nitrogens is 1. The largest absolute Gasteiger partial charge is 0.483 e. The van der Waals surface area contributed by atoms with E-state index in [1.54, 1.807) is 11.8 Å². The van der Waals surface area contributed by atoms with Gasteiger partial charge in [-0.25, -0.2) is 13.4 Å². The van der Waals surface area contributed by atoms with E-state index in [1.165, 1.54) is 0 Å². The second-order valence-corrected chi connectivity index (χ2v) is 20.6. The number of nitrogens with zero attached hydrogens (tertiary/aromatic N) is 2. The molecule has 1 saturated heterocycles. The van der Waals surface area contributed by atoms with Gasteiger partial charge < -0.3 is 14.4 Å². The molecule has 5 atom stereocenters. The number of nitrogens with one attached hydrogen (secondary N) is 1. The summed E-state index contributed by atoms with van der Waals surface area (Å²) in [4.78, 5) is 63.8. The number of aryl methyl sites for hydroxylation is 1. The Morgan fingerprint density at radius 2 is 1.77 bits per heavy atom. The van der Waals surface area contributed by atoms with Crippen LogP contribution in [0.15, 0.2) is 36.4 Å². The summed E-state index contributed by atoms with van der Waals surface area (Å²) in [5, 5.41) is 1.05. The zero-order chi connectivity index (χ0) is 38.4. The van der Waals surface area contributed by atoms with Crippen LogP contribution in [-0.4, -0.2) is 70.4 Å². The number of rotatable bonds is 7. The molecule has 1 aromatic carbocycles. The molecule has 4 aliphatic carbocycles. The molecule has 1 spiro atoms. The lowest BCUT2D eigenvalue weighted by atomic mass is 9.85. The van der Waals surface area contributed by atoms with E-state index in [1.807, 2.05) is 37.3 Å². The molecule has 2 aromatic rings. The monoisotopic (exact) mass is 787 g/mol. The van der Waals surface area contributed by atoms with E-state index in [0.29, 0.717) is 44.4 Å². The van der Waals surface area contributed by atoms with Crippen molar-refractivity contribution in [1.29, 1.82) is 0 Å². The van der Waals surface area contributed by atoms with Crippen LogP contribution in [0.2, 0.25) is 0 Å². The number of amides is 2. The van der Waals surface area contributed by atoms with Crippen LogP contribution in [0.5, 0.6) is 5.75 Å². The molecule has 302 valence electrons. The Balaban J connectivity index is 0.00000441. The number of sulfonamides is 1. The SMILES string of the molecule is C.CC1(OC(=O)C[C@H]2CCCCC/C=C\[C@@H]3C[C@@]3(C(=O)NS(=O)(=O)C3(C)CC3)CC(=O)[C@@H]3C[C@]4(CCc5c(c(C6CC6)nc6ccccc56)O4)CN3C2=O)CC1. The van der Waals surface area contributed by atoms with Crippen LogP contribution >= 0.6 is 0 Å². The van der Waals surface area contributed by atoms with Crippen LogP contribution in [0.4, 0.5) is 0 Å². The van der Waals surface area contributed by atoms with E-state index in [9.17, 15) is 27.6 Å². The first-order valence-corrected chi connectivity index (χ1v) is 22.1. The number of hydrogen-bond donors (Lipinski definition) is 1. The van der Waals surface area contributed by atoms with Gasteiger partial charge in [0.2, 0.25) is 21.8 Å². The molecule has 1 aromatic heterocycles. The summed E-state index contributed by atoms with van der Waals surface area (Å²) < 4.78 is 40.8. The van der Waals surface area contributed by atoms with Crippen molar-refractivity contribution >= 4 is 44.5 Å². The molecule has 5 fully saturated rings. The minimum absolute atomic E-state index is 0. The molecule has 0 bridgehead atoms. The van der Waals surface area contributed by atoms with Crippen molar-refractivity contribution in [3.63, 3.8) is 0 Å². The highest BCUT2D eigenvalue weighted by molar-refractivity contribution is 7.91. The van der Waals surface area contributed by atoms with Gasteiger partial charge in [-0.05, 0) is 103 Å². The summed E-state index contributed by atoms with van der Waals surface area (Å²) >= 11 is 0. The van der Waals surface area contributed by atoms with Gasteiger partial charge in [0, 0.05) is 35.6 Å². The number of Topliss-reactive ketones (excluding diaryl/α,β-unsaturated/α-hetero) is 1. The molecule has 1 N–H and O–H groups in total. The number of carbonyl (C=O) groups is 4. The van der Waals surface area contributed by atoms with E-state index in [2.05, 4.69) is 10.8 Å². The standard InChI is InChI=1S/C43H53N3O8S.CH4/c1-40(18-19-40)53-35(48)22-28-10-6-4-3-5-7-11-29-23-43(29,39(50)45-55(51,52)41(2)20-21-41)25-34(47)33-24-42(26-46(33)38(28)49)17-16-31-30-12-8-9-13-32(30)44-36(27-14-15-27)37(31)54-42;/h7-9,11-13,27-29,33H,3-6,10,14-26H2,1-2H3,(H,45,50);1H4/b11-7-;/t28-,29-,33+,42-,43-;/m1./s1. The highest BCUT2D eigenvalue weighted by Gasteiger charge is 2.63. The van der Waals surface area contributed by atoms with E-state index in [-0.39, 0.29) is 50.8 Å². The van der Waals surface area contributed by atoms with Gasteiger partial charge >= 0.3 is 5.97 Å². The van der Waals surface area contributed by atoms with Crippen molar-refractivity contribution in [3.8, 4) is 5.75 Å². The maximum Gasteiger partial charge on any atom is 0.307 e. The Labute approximate surface area is 330 Å². The predicted molar refractivity (Wildman–Crippen MR) is 211 cm³/mol. The number of fused-ring (bicyclic) bond motifs is 5. The van der Waals surface area contributed by atoms with Gasteiger partial charge in [0.25, 0.3) is 0 Å². The molecule has 4 saturated carbocycles. The molecule has 11 nitrogen and oxygen atoms in total. The fourth-order valence-corrected chi connectivity index (χ4v) is 10.7. The van der Waals surface area contributed by atoms with E-state index in [4.69, 9.17) is 14.5 Å². The molecule has 56 heavy (non-hydrogen) atoms.